The van der Waals surface area contributed by atoms with Crippen LogP contribution in [0.1, 0.15) is 45.4 Å². The third kappa shape index (κ3) is 6.24. The number of aliphatic hydroxyl groups is 3. The van der Waals surface area contributed by atoms with Crippen LogP contribution < -0.4 is 11.3 Å². The fourth-order valence-electron chi connectivity index (χ4n) is 2.98. The molecule has 0 amide bonds. The maximum atomic E-state index is 12.2. The molecule has 9 heteroatoms. The molecule has 29 heavy (non-hydrogen) atoms. The van der Waals surface area contributed by atoms with E-state index in [1.165, 1.54) is 33.7 Å². The minimum atomic E-state index is -1.26. The predicted molar refractivity (Wildman–Crippen MR) is 113 cm³/mol. The van der Waals surface area contributed by atoms with Gasteiger partial charge in [0.2, 0.25) is 0 Å². The molecule has 1 aliphatic heterocycles. The Morgan fingerprint density at radius 1 is 1.31 bits per heavy atom. The Labute approximate surface area is 175 Å². The third-order valence-electron chi connectivity index (χ3n) is 4.73. The summed E-state index contributed by atoms with van der Waals surface area (Å²) in [5, 5.41) is 30.1. The van der Waals surface area contributed by atoms with Gasteiger partial charge in [-0.3, -0.25) is 9.36 Å². The minimum absolute atomic E-state index is 0.00501. The molecule has 8 nitrogen and oxygen atoms in total. The van der Waals surface area contributed by atoms with Crippen molar-refractivity contribution >= 4 is 11.8 Å². The van der Waals surface area contributed by atoms with E-state index >= 15 is 0 Å². The molecule has 2 heterocycles. The van der Waals surface area contributed by atoms with E-state index in [4.69, 9.17) is 10.5 Å². The molecule has 1 aromatic rings. The van der Waals surface area contributed by atoms with Gasteiger partial charge in [-0.25, -0.2) is 0 Å². The maximum absolute atomic E-state index is 12.2. The van der Waals surface area contributed by atoms with Crippen molar-refractivity contribution in [2.24, 2.45) is 5.73 Å². The van der Waals surface area contributed by atoms with E-state index < -0.39 is 36.7 Å². The van der Waals surface area contributed by atoms with Crippen molar-refractivity contribution in [3.05, 3.63) is 45.4 Å². The van der Waals surface area contributed by atoms with Gasteiger partial charge in [0.1, 0.15) is 18.3 Å². The van der Waals surface area contributed by atoms with Crippen LogP contribution in [0.5, 0.6) is 0 Å². The van der Waals surface area contributed by atoms with E-state index in [0.717, 1.165) is 12.8 Å². The van der Waals surface area contributed by atoms with E-state index in [2.05, 4.69) is 37.9 Å². The summed E-state index contributed by atoms with van der Waals surface area (Å²) in [5.41, 5.74) is 8.00. The van der Waals surface area contributed by atoms with E-state index in [0.29, 0.717) is 10.9 Å². The second kappa shape index (κ2) is 11.1. The summed E-state index contributed by atoms with van der Waals surface area (Å²) in [6.07, 6.45) is 3.33. The van der Waals surface area contributed by atoms with E-state index in [1.54, 1.807) is 0 Å². The second-order valence-electron chi connectivity index (χ2n) is 7.38. The molecule has 0 aromatic carbocycles. The number of allylic oxidation sites excluding steroid dienone is 3. The highest BCUT2D eigenvalue weighted by Crippen LogP contribution is 2.32. The standard InChI is InChI=1S/C20H31N3O5S/c1-12(2)5-4-6-13(3)7-8-29-20-22-18(27)14(9-21)10-23(20)19-17(26)16(25)15(11-24)28-19/h5,7,10,15-17,19,24-26H,4,6,8-9,11,21H2,1-3H3/b13-7+/t15-,16?,17+,19-/m1/s1. The zero-order chi connectivity index (χ0) is 21.6. The van der Waals surface area contributed by atoms with Crippen LogP contribution in [-0.2, 0) is 11.3 Å². The maximum Gasteiger partial charge on any atom is 0.278 e. The highest BCUT2D eigenvalue weighted by Gasteiger charge is 2.44. The number of hydrogen-bond donors (Lipinski definition) is 4. The van der Waals surface area contributed by atoms with Crippen LogP contribution in [0.4, 0.5) is 0 Å². The number of hydrogen-bond acceptors (Lipinski definition) is 8. The molecule has 4 atom stereocenters. The average Bonchev–Trinajstić information content (AvgIpc) is 2.96. The molecule has 0 aliphatic carbocycles. The van der Waals surface area contributed by atoms with Crippen LogP contribution in [0.2, 0.25) is 0 Å². The average molecular weight is 426 g/mol. The SMILES string of the molecule is CC(C)=CCC/C(C)=C/CSc1nc(=O)c(CN)cn1[C@@H]1O[C@H](CO)C(O)[C@@H]1O. The first-order valence-corrected chi connectivity index (χ1v) is 10.6. The molecule has 0 radical (unpaired) electrons. The molecule has 0 spiro atoms. The van der Waals surface area contributed by atoms with Gasteiger partial charge in [-0.2, -0.15) is 4.98 Å². The Kier molecular flexibility index (Phi) is 9.06. The van der Waals surface area contributed by atoms with Gasteiger partial charge in [-0.15, -0.1) is 0 Å². The molecule has 5 N–H and O–H groups in total. The molecule has 2 rings (SSSR count). The Bertz CT molecular complexity index is 804. The smallest absolute Gasteiger partial charge is 0.278 e. The van der Waals surface area contributed by atoms with Crippen LogP contribution in [0, 0.1) is 0 Å². The predicted octanol–water partition coefficient (Wildman–Crippen LogP) is 1.10. The Hall–Kier alpha value is -1.49. The number of aliphatic hydroxyl groups excluding tert-OH is 3. The number of rotatable bonds is 9. The van der Waals surface area contributed by atoms with Crippen molar-refractivity contribution in [3.63, 3.8) is 0 Å². The first-order chi connectivity index (χ1) is 13.8. The summed E-state index contributed by atoms with van der Waals surface area (Å²) >= 11 is 1.33. The van der Waals surface area contributed by atoms with Crippen molar-refractivity contribution in [1.82, 2.24) is 9.55 Å². The minimum Gasteiger partial charge on any atom is -0.394 e. The normalized spacial score (nSPS) is 24.7. The molecule has 162 valence electrons. The number of nitrogens with two attached hydrogens (primary N) is 1. The lowest BCUT2D eigenvalue weighted by Gasteiger charge is -2.21. The van der Waals surface area contributed by atoms with Gasteiger partial charge in [-0.05, 0) is 33.6 Å². The van der Waals surface area contributed by atoms with Crippen molar-refractivity contribution in [3.8, 4) is 0 Å². The van der Waals surface area contributed by atoms with Crippen molar-refractivity contribution in [2.75, 3.05) is 12.4 Å². The number of nitrogens with zero attached hydrogens (tertiary/aromatic N) is 2. The largest absolute Gasteiger partial charge is 0.394 e. The zero-order valence-corrected chi connectivity index (χ0v) is 17.9. The molecule has 1 saturated heterocycles. The molecule has 1 fully saturated rings. The van der Waals surface area contributed by atoms with Gasteiger partial charge in [0.15, 0.2) is 11.4 Å². The lowest BCUT2D eigenvalue weighted by Crippen LogP contribution is -2.34. The van der Waals surface area contributed by atoms with Gasteiger partial charge >= 0.3 is 0 Å². The van der Waals surface area contributed by atoms with Crippen molar-refractivity contribution in [1.29, 1.82) is 0 Å². The molecular weight excluding hydrogens is 394 g/mol. The number of thioether (sulfide) groups is 1. The monoisotopic (exact) mass is 425 g/mol. The summed E-state index contributed by atoms with van der Waals surface area (Å²) in [7, 11) is 0. The van der Waals surface area contributed by atoms with Crippen LogP contribution in [0.15, 0.2) is 39.4 Å². The van der Waals surface area contributed by atoms with Gasteiger partial charge in [0.05, 0.1) is 6.61 Å². The summed E-state index contributed by atoms with van der Waals surface area (Å²) < 4.78 is 7.12. The van der Waals surface area contributed by atoms with Crippen LogP contribution in [0.25, 0.3) is 0 Å². The second-order valence-corrected chi connectivity index (χ2v) is 8.36. The Balaban J connectivity index is 2.20. The van der Waals surface area contributed by atoms with Crippen molar-refractivity contribution in [2.45, 2.75) is 69.9 Å². The fourth-order valence-corrected chi connectivity index (χ4v) is 3.95. The Morgan fingerprint density at radius 3 is 2.62 bits per heavy atom. The van der Waals surface area contributed by atoms with Crippen LogP contribution >= 0.6 is 11.8 Å². The molecule has 1 aliphatic rings. The summed E-state index contributed by atoms with van der Waals surface area (Å²) in [6, 6.07) is 0. The quantitative estimate of drug-likeness (QED) is 0.263. The van der Waals surface area contributed by atoms with Crippen LogP contribution in [-0.4, -0.2) is 55.5 Å². The molecular formula is C20H31N3O5S. The number of ether oxygens (including phenoxy) is 1. The van der Waals surface area contributed by atoms with E-state index in [1.807, 2.05) is 0 Å². The number of aromatic nitrogens is 2. The fraction of sp³-hybridized carbons (Fsp3) is 0.600. The highest BCUT2D eigenvalue weighted by molar-refractivity contribution is 7.99. The molecule has 1 unspecified atom stereocenters. The lowest BCUT2D eigenvalue weighted by molar-refractivity contribution is -0.0578. The van der Waals surface area contributed by atoms with E-state index in [9.17, 15) is 20.1 Å². The zero-order valence-electron chi connectivity index (χ0n) is 17.1. The van der Waals surface area contributed by atoms with Gasteiger partial charge < -0.3 is 25.8 Å². The summed E-state index contributed by atoms with van der Waals surface area (Å²) in [6.45, 7) is 5.77. The molecule has 1 aromatic heterocycles. The van der Waals surface area contributed by atoms with Gasteiger partial charge in [-0.1, -0.05) is 35.1 Å². The summed E-state index contributed by atoms with van der Waals surface area (Å²) in [5.74, 6) is 0.587. The first-order valence-electron chi connectivity index (χ1n) is 9.64. The molecule has 0 saturated carbocycles. The highest BCUT2D eigenvalue weighted by atomic mass is 32.2. The lowest BCUT2D eigenvalue weighted by atomic mass is 10.1. The summed E-state index contributed by atoms with van der Waals surface area (Å²) in [4.78, 5) is 16.3. The first kappa shape index (κ1) is 23.8. The third-order valence-corrected chi connectivity index (χ3v) is 5.63. The Morgan fingerprint density at radius 2 is 2.03 bits per heavy atom. The van der Waals surface area contributed by atoms with Gasteiger partial charge in [0, 0.05) is 24.1 Å². The van der Waals surface area contributed by atoms with E-state index in [-0.39, 0.29) is 12.1 Å². The molecule has 0 bridgehead atoms. The van der Waals surface area contributed by atoms with Gasteiger partial charge in [0.25, 0.3) is 5.56 Å². The topological polar surface area (TPSA) is 131 Å². The van der Waals surface area contributed by atoms with Crippen LogP contribution in [0.3, 0.4) is 0 Å². The van der Waals surface area contributed by atoms with Crippen molar-refractivity contribution < 1.29 is 20.1 Å².